The van der Waals surface area contributed by atoms with Gasteiger partial charge in [0.1, 0.15) is 17.6 Å². The molecule has 84 valence electrons. The number of rotatable bonds is 4. The lowest BCUT2D eigenvalue weighted by Crippen LogP contribution is -2.31. The smallest absolute Gasteiger partial charge is 0.134 e. The van der Waals surface area contributed by atoms with Gasteiger partial charge in [-0.1, -0.05) is 6.92 Å². The summed E-state index contributed by atoms with van der Waals surface area (Å²) in [4.78, 5) is 0. The van der Waals surface area contributed by atoms with E-state index in [2.05, 4.69) is 6.92 Å². The van der Waals surface area contributed by atoms with Crippen molar-refractivity contribution in [3.8, 4) is 0 Å². The molecule has 4 unspecified atom stereocenters. The summed E-state index contributed by atoms with van der Waals surface area (Å²) in [5, 5.41) is 18.5. The van der Waals surface area contributed by atoms with Crippen molar-refractivity contribution in [3.63, 3.8) is 0 Å². The van der Waals surface area contributed by atoms with Crippen LogP contribution < -0.4 is 5.73 Å². The third-order valence-corrected chi connectivity index (χ3v) is 3.03. The quantitative estimate of drug-likeness (QED) is 0.686. The third-order valence-electron chi connectivity index (χ3n) is 3.03. The second-order valence-electron chi connectivity index (χ2n) is 4.35. The molecule has 1 aromatic rings. The van der Waals surface area contributed by atoms with E-state index in [0.29, 0.717) is 17.6 Å². The van der Waals surface area contributed by atoms with Crippen molar-refractivity contribution < 1.29 is 14.6 Å². The SMILES string of the molecule is CC1CC1c1ccc(C(O)C(N)CO)o1. The molecule has 1 aliphatic carbocycles. The minimum Gasteiger partial charge on any atom is -0.463 e. The molecule has 0 bridgehead atoms. The topological polar surface area (TPSA) is 79.6 Å². The van der Waals surface area contributed by atoms with Gasteiger partial charge in [-0.25, -0.2) is 0 Å². The first-order chi connectivity index (χ1) is 7.13. The first kappa shape index (κ1) is 10.7. The van der Waals surface area contributed by atoms with E-state index in [0.717, 1.165) is 12.2 Å². The molecule has 0 saturated heterocycles. The summed E-state index contributed by atoms with van der Waals surface area (Å²) in [6.45, 7) is 1.92. The second kappa shape index (κ2) is 3.96. The summed E-state index contributed by atoms with van der Waals surface area (Å²) < 4.78 is 5.52. The number of aliphatic hydroxyl groups excluding tert-OH is 2. The van der Waals surface area contributed by atoms with E-state index in [1.807, 2.05) is 6.07 Å². The maximum absolute atomic E-state index is 9.69. The summed E-state index contributed by atoms with van der Waals surface area (Å²) in [5.74, 6) is 2.54. The Morgan fingerprint density at radius 3 is 2.80 bits per heavy atom. The molecule has 2 rings (SSSR count). The molecule has 15 heavy (non-hydrogen) atoms. The summed E-state index contributed by atoms with van der Waals surface area (Å²) in [7, 11) is 0. The summed E-state index contributed by atoms with van der Waals surface area (Å²) in [6.07, 6.45) is 0.229. The van der Waals surface area contributed by atoms with Crippen molar-refractivity contribution in [3.05, 3.63) is 23.7 Å². The molecule has 1 aromatic heterocycles. The number of aliphatic hydroxyl groups is 2. The molecule has 4 N–H and O–H groups in total. The molecule has 0 aliphatic heterocycles. The van der Waals surface area contributed by atoms with E-state index >= 15 is 0 Å². The molecule has 0 amide bonds. The van der Waals surface area contributed by atoms with Gasteiger partial charge in [-0.3, -0.25) is 0 Å². The molecule has 4 atom stereocenters. The van der Waals surface area contributed by atoms with Crippen LogP contribution in [0.15, 0.2) is 16.5 Å². The van der Waals surface area contributed by atoms with Crippen molar-refractivity contribution in [2.75, 3.05) is 6.61 Å². The Bertz CT molecular complexity index is 336. The van der Waals surface area contributed by atoms with Crippen LogP contribution in [-0.2, 0) is 0 Å². The van der Waals surface area contributed by atoms with Crippen molar-refractivity contribution >= 4 is 0 Å². The van der Waals surface area contributed by atoms with Gasteiger partial charge in [0.25, 0.3) is 0 Å². The van der Waals surface area contributed by atoms with Crippen LogP contribution >= 0.6 is 0 Å². The Morgan fingerprint density at radius 1 is 1.60 bits per heavy atom. The highest BCUT2D eigenvalue weighted by Gasteiger charge is 2.37. The van der Waals surface area contributed by atoms with Gasteiger partial charge in [-0.05, 0) is 24.5 Å². The van der Waals surface area contributed by atoms with Gasteiger partial charge < -0.3 is 20.4 Å². The van der Waals surface area contributed by atoms with E-state index in [9.17, 15) is 5.11 Å². The highest BCUT2D eigenvalue weighted by molar-refractivity contribution is 5.19. The molecule has 1 aliphatic rings. The van der Waals surface area contributed by atoms with Crippen molar-refractivity contribution in [2.45, 2.75) is 31.4 Å². The Hall–Kier alpha value is -0.840. The van der Waals surface area contributed by atoms with E-state index in [1.165, 1.54) is 0 Å². The average molecular weight is 211 g/mol. The van der Waals surface area contributed by atoms with Crippen LogP contribution in [0.1, 0.15) is 36.9 Å². The van der Waals surface area contributed by atoms with Crippen LogP contribution in [0.3, 0.4) is 0 Å². The number of furan rings is 1. The maximum Gasteiger partial charge on any atom is 0.134 e. The van der Waals surface area contributed by atoms with E-state index in [1.54, 1.807) is 6.07 Å². The van der Waals surface area contributed by atoms with Crippen molar-refractivity contribution in [1.82, 2.24) is 0 Å². The molecule has 0 aromatic carbocycles. The summed E-state index contributed by atoms with van der Waals surface area (Å²) >= 11 is 0. The summed E-state index contributed by atoms with van der Waals surface area (Å²) in [6, 6.07) is 2.94. The van der Waals surface area contributed by atoms with Gasteiger partial charge >= 0.3 is 0 Å². The lowest BCUT2D eigenvalue weighted by molar-refractivity contribution is 0.0892. The lowest BCUT2D eigenvalue weighted by Gasteiger charge is -2.13. The van der Waals surface area contributed by atoms with Crippen LogP contribution in [0.5, 0.6) is 0 Å². The zero-order valence-corrected chi connectivity index (χ0v) is 8.76. The van der Waals surface area contributed by atoms with Crippen molar-refractivity contribution in [1.29, 1.82) is 0 Å². The van der Waals surface area contributed by atoms with E-state index < -0.39 is 12.1 Å². The average Bonchev–Trinajstić information content (AvgIpc) is 2.80. The fourth-order valence-corrected chi connectivity index (χ4v) is 1.76. The largest absolute Gasteiger partial charge is 0.463 e. The fourth-order valence-electron chi connectivity index (χ4n) is 1.76. The predicted octanol–water partition coefficient (Wildman–Crippen LogP) is 0.756. The molecule has 1 heterocycles. The number of hydrogen-bond acceptors (Lipinski definition) is 4. The number of nitrogens with two attached hydrogens (primary N) is 1. The van der Waals surface area contributed by atoms with Crippen LogP contribution in [-0.4, -0.2) is 22.9 Å². The Balaban J connectivity index is 2.06. The molecule has 4 heteroatoms. The standard InChI is InChI=1S/C11H17NO3/c1-6-4-7(6)9-2-3-10(15-9)11(14)8(12)5-13/h2-3,6-8,11,13-14H,4-5,12H2,1H3. The molecule has 0 spiro atoms. The van der Waals surface area contributed by atoms with Crippen LogP contribution in [0.4, 0.5) is 0 Å². The van der Waals surface area contributed by atoms with Gasteiger partial charge in [-0.15, -0.1) is 0 Å². The van der Waals surface area contributed by atoms with Crippen LogP contribution in [0, 0.1) is 5.92 Å². The molecule has 0 radical (unpaired) electrons. The maximum atomic E-state index is 9.69. The first-order valence-electron chi connectivity index (χ1n) is 5.27. The monoisotopic (exact) mass is 211 g/mol. The second-order valence-corrected chi connectivity index (χ2v) is 4.35. The molecular weight excluding hydrogens is 194 g/mol. The number of hydrogen-bond donors (Lipinski definition) is 3. The Kier molecular flexibility index (Phi) is 2.82. The van der Waals surface area contributed by atoms with Crippen molar-refractivity contribution in [2.24, 2.45) is 11.7 Å². The minimum absolute atomic E-state index is 0.253. The Labute approximate surface area is 88.7 Å². The fraction of sp³-hybridized carbons (Fsp3) is 0.636. The normalized spacial score (nSPS) is 28.8. The van der Waals surface area contributed by atoms with Crippen LogP contribution in [0.25, 0.3) is 0 Å². The molecular formula is C11H17NO3. The highest BCUT2D eigenvalue weighted by Crippen LogP contribution is 2.47. The Morgan fingerprint density at radius 2 is 2.27 bits per heavy atom. The lowest BCUT2D eigenvalue weighted by atomic mass is 10.1. The molecule has 4 nitrogen and oxygen atoms in total. The minimum atomic E-state index is -0.919. The zero-order chi connectivity index (χ0) is 11.0. The van der Waals surface area contributed by atoms with Gasteiger partial charge in [0.15, 0.2) is 0 Å². The van der Waals surface area contributed by atoms with Gasteiger partial charge in [-0.2, -0.15) is 0 Å². The highest BCUT2D eigenvalue weighted by atomic mass is 16.4. The van der Waals surface area contributed by atoms with E-state index in [4.69, 9.17) is 15.3 Å². The zero-order valence-electron chi connectivity index (χ0n) is 8.76. The van der Waals surface area contributed by atoms with E-state index in [-0.39, 0.29) is 6.61 Å². The first-order valence-corrected chi connectivity index (χ1v) is 5.27. The molecule has 1 fully saturated rings. The summed E-state index contributed by atoms with van der Waals surface area (Å²) in [5.41, 5.74) is 5.52. The molecule has 1 saturated carbocycles. The van der Waals surface area contributed by atoms with Gasteiger partial charge in [0, 0.05) is 5.92 Å². The van der Waals surface area contributed by atoms with Gasteiger partial charge in [0.2, 0.25) is 0 Å². The predicted molar refractivity (Wildman–Crippen MR) is 55.3 cm³/mol. The third kappa shape index (κ3) is 2.07. The van der Waals surface area contributed by atoms with Crippen LogP contribution in [0.2, 0.25) is 0 Å². The van der Waals surface area contributed by atoms with Gasteiger partial charge in [0.05, 0.1) is 12.6 Å².